The van der Waals surface area contributed by atoms with E-state index in [-0.39, 0.29) is 43.3 Å². The van der Waals surface area contributed by atoms with Crippen molar-refractivity contribution in [1.82, 2.24) is 0 Å². The standard InChI is InChI=1S/C23H25NO7/c1-3-21(26)23(17-8-7-9-18(14-17)24(28)29)20(16(2)25)15-22(27)31-13-12-30-19-10-5-4-6-11-19/h4-11,14,20,23H,3,12-13,15H2,1-2H3. The molecule has 0 aliphatic carbocycles. The van der Waals surface area contributed by atoms with Crippen LogP contribution in [0.25, 0.3) is 0 Å². The molecule has 0 aliphatic rings. The van der Waals surface area contributed by atoms with Crippen molar-refractivity contribution in [1.29, 1.82) is 0 Å². The molecule has 8 nitrogen and oxygen atoms in total. The third-order valence-corrected chi connectivity index (χ3v) is 4.80. The SMILES string of the molecule is CCC(=O)C(c1cccc([N+](=O)[O-])c1)C(CC(=O)OCCOc1ccccc1)C(C)=O. The predicted octanol–water partition coefficient (Wildman–Crippen LogP) is 3.88. The van der Waals surface area contributed by atoms with Crippen molar-refractivity contribution in [2.75, 3.05) is 13.2 Å². The highest BCUT2D eigenvalue weighted by atomic mass is 16.6. The molecule has 2 atom stereocenters. The van der Waals surface area contributed by atoms with E-state index >= 15 is 0 Å². The van der Waals surface area contributed by atoms with E-state index in [1.807, 2.05) is 18.2 Å². The normalized spacial score (nSPS) is 12.5. The number of ether oxygens (including phenoxy) is 2. The first kappa shape index (κ1) is 23.7. The fourth-order valence-corrected chi connectivity index (χ4v) is 3.26. The number of rotatable bonds is 12. The Balaban J connectivity index is 2.08. The number of nitro groups is 1. The van der Waals surface area contributed by atoms with E-state index in [0.717, 1.165) is 0 Å². The van der Waals surface area contributed by atoms with Gasteiger partial charge >= 0.3 is 5.97 Å². The molecule has 0 saturated heterocycles. The summed E-state index contributed by atoms with van der Waals surface area (Å²) in [6.07, 6.45) is -0.184. The van der Waals surface area contributed by atoms with Crippen LogP contribution in [-0.4, -0.2) is 35.7 Å². The van der Waals surface area contributed by atoms with Crippen molar-refractivity contribution in [3.05, 3.63) is 70.3 Å². The number of para-hydroxylation sites is 1. The molecule has 0 heterocycles. The van der Waals surface area contributed by atoms with Gasteiger partial charge in [-0.2, -0.15) is 0 Å². The Morgan fingerprint density at radius 2 is 1.74 bits per heavy atom. The highest BCUT2D eigenvalue weighted by Gasteiger charge is 2.34. The van der Waals surface area contributed by atoms with Gasteiger partial charge < -0.3 is 9.47 Å². The van der Waals surface area contributed by atoms with E-state index in [0.29, 0.717) is 11.3 Å². The van der Waals surface area contributed by atoms with Gasteiger partial charge in [-0.1, -0.05) is 37.3 Å². The summed E-state index contributed by atoms with van der Waals surface area (Å²) < 4.78 is 10.6. The van der Waals surface area contributed by atoms with Gasteiger partial charge in [0.15, 0.2) is 0 Å². The van der Waals surface area contributed by atoms with Gasteiger partial charge in [0.1, 0.15) is 30.5 Å². The van der Waals surface area contributed by atoms with Crippen LogP contribution in [0.4, 0.5) is 5.69 Å². The number of carbonyl (C=O) groups excluding carboxylic acids is 3. The highest BCUT2D eigenvalue weighted by molar-refractivity contribution is 5.94. The van der Waals surface area contributed by atoms with Crippen molar-refractivity contribution in [2.45, 2.75) is 32.6 Å². The van der Waals surface area contributed by atoms with E-state index in [1.165, 1.54) is 25.1 Å². The van der Waals surface area contributed by atoms with Crippen molar-refractivity contribution >= 4 is 23.2 Å². The number of hydrogen-bond donors (Lipinski definition) is 0. The largest absolute Gasteiger partial charge is 0.490 e. The van der Waals surface area contributed by atoms with E-state index < -0.39 is 22.7 Å². The van der Waals surface area contributed by atoms with Crippen molar-refractivity contribution in [3.63, 3.8) is 0 Å². The molecular formula is C23H25NO7. The summed E-state index contributed by atoms with van der Waals surface area (Å²) in [4.78, 5) is 47.9. The molecule has 164 valence electrons. The van der Waals surface area contributed by atoms with Crippen LogP contribution >= 0.6 is 0 Å². The summed E-state index contributed by atoms with van der Waals surface area (Å²) in [5, 5.41) is 11.1. The van der Waals surface area contributed by atoms with Crippen LogP contribution in [0.5, 0.6) is 5.75 Å². The lowest BCUT2D eigenvalue weighted by Gasteiger charge is -2.23. The summed E-state index contributed by atoms with van der Waals surface area (Å²) >= 11 is 0. The fraction of sp³-hybridized carbons (Fsp3) is 0.348. The molecular weight excluding hydrogens is 402 g/mol. The molecule has 2 aromatic rings. The predicted molar refractivity (Wildman–Crippen MR) is 113 cm³/mol. The quantitative estimate of drug-likeness (QED) is 0.219. The van der Waals surface area contributed by atoms with Gasteiger partial charge in [-0.05, 0) is 24.6 Å². The molecule has 0 saturated carbocycles. The van der Waals surface area contributed by atoms with Gasteiger partial charge in [-0.3, -0.25) is 24.5 Å². The monoisotopic (exact) mass is 427 g/mol. The van der Waals surface area contributed by atoms with Crippen LogP contribution in [0.15, 0.2) is 54.6 Å². The maximum atomic E-state index is 12.6. The number of nitrogens with zero attached hydrogens (tertiary/aromatic N) is 1. The van der Waals surface area contributed by atoms with Crippen molar-refractivity contribution in [3.8, 4) is 5.75 Å². The number of hydrogen-bond acceptors (Lipinski definition) is 7. The summed E-state index contributed by atoms with van der Waals surface area (Å²) in [5.74, 6) is -2.58. The maximum Gasteiger partial charge on any atom is 0.306 e. The molecule has 0 bridgehead atoms. The molecule has 0 amide bonds. The highest BCUT2D eigenvalue weighted by Crippen LogP contribution is 2.32. The minimum atomic E-state index is -0.975. The third kappa shape index (κ3) is 7.02. The molecule has 0 aliphatic heterocycles. The fourth-order valence-electron chi connectivity index (χ4n) is 3.26. The van der Waals surface area contributed by atoms with Crippen molar-refractivity contribution < 1.29 is 28.8 Å². The van der Waals surface area contributed by atoms with Crippen LogP contribution in [0.3, 0.4) is 0 Å². The van der Waals surface area contributed by atoms with Gasteiger partial charge in [0.2, 0.25) is 0 Å². The van der Waals surface area contributed by atoms with Gasteiger partial charge in [0.25, 0.3) is 5.69 Å². The first-order valence-corrected chi connectivity index (χ1v) is 9.94. The number of benzene rings is 2. The minimum absolute atomic E-state index is 0.0123. The van der Waals surface area contributed by atoms with E-state index in [1.54, 1.807) is 25.1 Å². The van der Waals surface area contributed by atoms with Crippen LogP contribution in [0.1, 0.15) is 38.2 Å². The molecule has 2 rings (SSSR count). The number of nitro benzene ring substituents is 1. The molecule has 0 N–H and O–H groups in total. The molecule has 0 fully saturated rings. The molecule has 0 radical (unpaired) electrons. The van der Waals surface area contributed by atoms with Crippen LogP contribution in [0, 0.1) is 16.0 Å². The van der Waals surface area contributed by atoms with Gasteiger partial charge in [-0.15, -0.1) is 0 Å². The number of ketones is 2. The van der Waals surface area contributed by atoms with E-state index in [4.69, 9.17) is 9.47 Å². The van der Waals surface area contributed by atoms with Gasteiger partial charge in [0, 0.05) is 24.5 Å². The molecule has 2 unspecified atom stereocenters. The Kier molecular flexibility index (Phi) is 8.87. The van der Waals surface area contributed by atoms with Crippen molar-refractivity contribution in [2.24, 2.45) is 5.92 Å². The first-order valence-electron chi connectivity index (χ1n) is 9.94. The summed E-state index contributed by atoms with van der Waals surface area (Å²) in [6, 6.07) is 14.6. The Hall–Kier alpha value is -3.55. The average Bonchev–Trinajstić information content (AvgIpc) is 2.76. The zero-order valence-corrected chi connectivity index (χ0v) is 17.5. The molecule has 8 heteroatoms. The third-order valence-electron chi connectivity index (χ3n) is 4.80. The number of Topliss-reactive ketones (excluding diaryl/α,β-unsaturated/α-hetero) is 2. The van der Waals surface area contributed by atoms with E-state index in [9.17, 15) is 24.5 Å². The second kappa shape index (κ2) is 11.6. The smallest absolute Gasteiger partial charge is 0.306 e. The van der Waals surface area contributed by atoms with Crippen LogP contribution in [0.2, 0.25) is 0 Å². The first-order chi connectivity index (χ1) is 14.8. The second-order valence-corrected chi connectivity index (χ2v) is 6.95. The topological polar surface area (TPSA) is 113 Å². The molecule has 31 heavy (non-hydrogen) atoms. The molecule has 0 aromatic heterocycles. The second-order valence-electron chi connectivity index (χ2n) is 6.95. The van der Waals surface area contributed by atoms with Crippen LogP contribution in [-0.2, 0) is 19.1 Å². The average molecular weight is 427 g/mol. The molecule has 0 spiro atoms. The van der Waals surface area contributed by atoms with Gasteiger partial charge in [-0.25, -0.2) is 0 Å². The molecule has 2 aromatic carbocycles. The van der Waals surface area contributed by atoms with Crippen LogP contribution < -0.4 is 4.74 Å². The summed E-state index contributed by atoms with van der Waals surface area (Å²) in [6.45, 7) is 3.07. The lowest BCUT2D eigenvalue weighted by atomic mass is 9.78. The maximum absolute atomic E-state index is 12.6. The summed E-state index contributed by atoms with van der Waals surface area (Å²) in [5.41, 5.74) is 0.149. The zero-order chi connectivity index (χ0) is 22.8. The Labute approximate surface area is 180 Å². The summed E-state index contributed by atoms with van der Waals surface area (Å²) in [7, 11) is 0. The lowest BCUT2D eigenvalue weighted by molar-refractivity contribution is -0.384. The number of non-ortho nitro benzene ring substituents is 1. The minimum Gasteiger partial charge on any atom is -0.490 e. The van der Waals surface area contributed by atoms with E-state index in [2.05, 4.69) is 0 Å². The Morgan fingerprint density at radius 3 is 2.35 bits per heavy atom. The Bertz CT molecular complexity index is 927. The lowest BCUT2D eigenvalue weighted by Crippen LogP contribution is -2.30. The number of carbonyl (C=O) groups is 3. The number of esters is 1. The zero-order valence-electron chi connectivity index (χ0n) is 17.5. The Morgan fingerprint density at radius 1 is 1.03 bits per heavy atom. The van der Waals surface area contributed by atoms with Gasteiger partial charge in [0.05, 0.1) is 17.3 Å².